The Hall–Kier alpha value is -2.48. The molecule has 0 saturated heterocycles. The van der Waals surface area contributed by atoms with Gasteiger partial charge in [0.2, 0.25) is 0 Å². The molecule has 0 bridgehead atoms. The third kappa shape index (κ3) is 3.38. The molecule has 24 heavy (non-hydrogen) atoms. The van der Waals surface area contributed by atoms with Crippen molar-refractivity contribution in [3.8, 4) is 5.69 Å². The summed E-state index contributed by atoms with van der Waals surface area (Å²) in [5.74, 6) is -0.837. The average Bonchev–Trinajstić information content (AvgIpc) is 3.04. The van der Waals surface area contributed by atoms with Crippen LogP contribution in [0.2, 0.25) is 0 Å². The molecule has 0 aliphatic carbocycles. The highest BCUT2D eigenvalue weighted by Gasteiger charge is 2.22. The van der Waals surface area contributed by atoms with Crippen molar-refractivity contribution in [3.05, 3.63) is 36.7 Å². The minimum atomic E-state index is -0.837. The van der Waals surface area contributed by atoms with E-state index in [4.69, 9.17) is 0 Å². The summed E-state index contributed by atoms with van der Waals surface area (Å²) in [5, 5.41) is 17.7. The molecule has 0 radical (unpaired) electrons. The number of carboxylic acid groups (broad SMARTS) is 1. The molecule has 0 unspecified atom stereocenters. The van der Waals surface area contributed by atoms with Crippen molar-refractivity contribution in [2.75, 3.05) is 0 Å². The molecule has 7 nitrogen and oxygen atoms in total. The Balaban J connectivity index is 1.95. The molecule has 0 saturated carbocycles. The molecular formula is C16H17N5O2S. The van der Waals surface area contributed by atoms with Gasteiger partial charge in [0.25, 0.3) is 0 Å². The third-order valence-electron chi connectivity index (χ3n) is 3.55. The van der Waals surface area contributed by atoms with Gasteiger partial charge in [0.1, 0.15) is 16.6 Å². The summed E-state index contributed by atoms with van der Waals surface area (Å²) < 4.78 is 1.63. The van der Waals surface area contributed by atoms with Crippen LogP contribution in [0.1, 0.15) is 26.2 Å². The Labute approximate surface area is 143 Å². The van der Waals surface area contributed by atoms with Crippen LogP contribution < -0.4 is 0 Å². The Kier molecular flexibility index (Phi) is 5.05. The summed E-state index contributed by atoms with van der Waals surface area (Å²) in [6.45, 7) is 2.04. The van der Waals surface area contributed by atoms with E-state index in [1.807, 2.05) is 37.3 Å². The van der Waals surface area contributed by atoms with Gasteiger partial charge in [0, 0.05) is 0 Å². The van der Waals surface area contributed by atoms with Crippen molar-refractivity contribution in [1.82, 2.24) is 25.0 Å². The summed E-state index contributed by atoms with van der Waals surface area (Å²) in [6.07, 6.45) is 3.82. The standard InChI is InChI=1S/C16H17N5O2S/c1-2-3-9-12(16(22)23)24-15-13-14(17-10-18-15)21(20-19-13)11-7-5-4-6-8-11/h4-8,10,12H,2-3,9H2,1H3,(H,22,23)/t12-/m0/s1. The number of carbonyl (C=O) groups is 1. The first-order chi connectivity index (χ1) is 11.7. The van der Waals surface area contributed by atoms with E-state index in [9.17, 15) is 9.90 Å². The van der Waals surface area contributed by atoms with Crippen LogP contribution in [0.15, 0.2) is 41.7 Å². The maximum Gasteiger partial charge on any atom is 0.317 e. The summed E-state index contributed by atoms with van der Waals surface area (Å²) in [4.78, 5) is 19.9. The van der Waals surface area contributed by atoms with Crippen LogP contribution >= 0.6 is 11.8 Å². The Bertz CT molecular complexity index is 837. The lowest BCUT2D eigenvalue weighted by Crippen LogP contribution is -2.16. The first kappa shape index (κ1) is 16.4. The zero-order valence-corrected chi connectivity index (χ0v) is 14.0. The zero-order valence-electron chi connectivity index (χ0n) is 13.2. The quantitative estimate of drug-likeness (QED) is 0.520. The van der Waals surface area contributed by atoms with Gasteiger partial charge in [-0.1, -0.05) is 54.9 Å². The molecule has 0 aliphatic heterocycles. The van der Waals surface area contributed by atoms with Gasteiger partial charge in [-0.2, -0.15) is 4.68 Å². The number of benzene rings is 1. The van der Waals surface area contributed by atoms with E-state index >= 15 is 0 Å². The molecule has 124 valence electrons. The van der Waals surface area contributed by atoms with Gasteiger partial charge in [-0.3, -0.25) is 4.79 Å². The number of fused-ring (bicyclic) bond motifs is 1. The van der Waals surface area contributed by atoms with Crippen molar-refractivity contribution >= 4 is 28.9 Å². The van der Waals surface area contributed by atoms with E-state index in [0.29, 0.717) is 22.6 Å². The van der Waals surface area contributed by atoms with Crippen molar-refractivity contribution in [3.63, 3.8) is 0 Å². The minimum absolute atomic E-state index is 0.522. The number of hydrogen-bond acceptors (Lipinski definition) is 6. The van der Waals surface area contributed by atoms with Crippen LogP contribution in [0.3, 0.4) is 0 Å². The smallest absolute Gasteiger partial charge is 0.317 e. The maximum atomic E-state index is 11.5. The molecule has 0 fully saturated rings. The zero-order chi connectivity index (χ0) is 16.9. The van der Waals surface area contributed by atoms with Gasteiger partial charge in [-0.05, 0) is 18.6 Å². The van der Waals surface area contributed by atoms with Crippen LogP contribution in [0.25, 0.3) is 16.9 Å². The SMILES string of the molecule is CCCC[C@H](Sc1ncnc2c1nnn2-c1ccccc1)C(=O)O. The van der Waals surface area contributed by atoms with Gasteiger partial charge >= 0.3 is 5.97 Å². The molecule has 2 aromatic heterocycles. The maximum absolute atomic E-state index is 11.5. The van der Waals surface area contributed by atoms with Crippen molar-refractivity contribution in [1.29, 1.82) is 0 Å². The molecule has 0 aliphatic rings. The molecule has 3 rings (SSSR count). The van der Waals surface area contributed by atoms with E-state index in [-0.39, 0.29) is 0 Å². The van der Waals surface area contributed by atoms with Crippen LogP contribution in [0.5, 0.6) is 0 Å². The first-order valence-corrected chi connectivity index (χ1v) is 8.60. The molecule has 1 N–H and O–H groups in total. The van der Waals surface area contributed by atoms with Crippen LogP contribution in [-0.4, -0.2) is 41.3 Å². The van der Waals surface area contributed by atoms with Crippen molar-refractivity contribution in [2.45, 2.75) is 36.5 Å². The molecule has 2 heterocycles. The van der Waals surface area contributed by atoms with Crippen LogP contribution in [0, 0.1) is 0 Å². The number of aromatic nitrogens is 5. The molecule has 1 aromatic carbocycles. The number of aliphatic carboxylic acids is 1. The fraction of sp³-hybridized carbons (Fsp3) is 0.312. The van der Waals surface area contributed by atoms with Gasteiger partial charge < -0.3 is 5.11 Å². The van der Waals surface area contributed by atoms with Gasteiger partial charge in [-0.15, -0.1) is 5.10 Å². The lowest BCUT2D eigenvalue weighted by Gasteiger charge is -2.10. The first-order valence-electron chi connectivity index (χ1n) is 7.72. The van der Waals surface area contributed by atoms with Gasteiger partial charge in [-0.25, -0.2) is 9.97 Å². The number of carboxylic acids is 1. The van der Waals surface area contributed by atoms with E-state index in [2.05, 4.69) is 20.3 Å². The molecule has 8 heteroatoms. The van der Waals surface area contributed by atoms with Crippen LogP contribution in [0.4, 0.5) is 0 Å². The number of thioether (sulfide) groups is 1. The Morgan fingerprint density at radius 3 is 2.79 bits per heavy atom. The average molecular weight is 343 g/mol. The number of hydrogen-bond donors (Lipinski definition) is 1. The van der Waals surface area contributed by atoms with Crippen molar-refractivity contribution in [2.24, 2.45) is 0 Å². The molecular weight excluding hydrogens is 326 g/mol. The Morgan fingerprint density at radius 2 is 2.08 bits per heavy atom. The van der Waals surface area contributed by atoms with Crippen molar-refractivity contribution < 1.29 is 9.90 Å². The van der Waals surface area contributed by atoms with Gasteiger partial charge in [0.15, 0.2) is 11.2 Å². The summed E-state index contributed by atoms with van der Waals surface area (Å²) in [5.41, 5.74) is 1.93. The van der Waals surface area contributed by atoms with E-state index in [1.165, 1.54) is 18.1 Å². The predicted molar refractivity (Wildman–Crippen MR) is 91.3 cm³/mol. The molecule has 0 amide bonds. The predicted octanol–water partition coefficient (Wildman–Crippen LogP) is 2.95. The molecule has 3 aromatic rings. The fourth-order valence-corrected chi connectivity index (χ4v) is 3.32. The third-order valence-corrected chi connectivity index (χ3v) is 4.80. The van der Waals surface area contributed by atoms with Crippen LogP contribution in [-0.2, 0) is 4.79 Å². The topological polar surface area (TPSA) is 93.8 Å². The van der Waals surface area contributed by atoms with E-state index < -0.39 is 11.2 Å². The molecule has 0 spiro atoms. The summed E-state index contributed by atoms with van der Waals surface area (Å²) in [7, 11) is 0. The normalized spacial score (nSPS) is 12.4. The second-order valence-corrected chi connectivity index (χ2v) is 6.47. The number of nitrogens with zero attached hydrogens (tertiary/aromatic N) is 5. The lowest BCUT2D eigenvalue weighted by atomic mass is 10.2. The largest absolute Gasteiger partial charge is 0.480 e. The Morgan fingerprint density at radius 1 is 1.29 bits per heavy atom. The fourth-order valence-electron chi connectivity index (χ4n) is 2.31. The molecule has 1 atom stereocenters. The minimum Gasteiger partial charge on any atom is -0.480 e. The second-order valence-electron chi connectivity index (χ2n) is 5.27. The summed E-state index contributed by atoms with van der Waals surface area (Å²) in [6, 6.07) is 9.55. The van der Waals surface area contributed by atoms with Gasteiger partial charge in [0.05, 0.1) is 5.69 Å². The number of unbranched alkanes of at least 4 members (excludes halogenated alkanes) is 1. The van der Waals surface area contributed by atoms with E-state index in [0.717, 1.165) is 18.5 Å². The number of rotatable bonds is 7. The lowest BCUT2D eigenvalue weighted by molar-refractivity contribution is -0.136. The highest BCUT2D eigenvalue weighted by Crippen LogP contribution is 2.29. The number of para-hydroxylation sites is 1. The monoisotopic (exact) mass is 343 g/mol. The highest BCUT2D eigenvalue weighted by atomic mass is 32.2. The van der Waals surface area contributed by atoms with E-state index in [1.54, 1.807) is 4.68 Å². The second kappa shape index (κ2) is 7.39. The highest BCUT2D eigenvalue weighted by molar-refractivity contribution is 8.00. The summed E-state index contributed by atoms with van der Waals surface area (Å²) >= 11 is 1.21.